The van der Waals surface area contributed by atoms with Gasteiger partial charge in [0, 0.05) is 25.5 Å². The molecule has 22 heavy (non-hydrogen) atoms. The Kier molecular flexibility index (Phi) is 4.44. The van der Waals surface area contributed by atoms with Crippen LogP contribution in [0.25, 0.3) is 0 Å². The molecule has 1 amide bonds. The van der Waals surface area contributed by atoms with Gasteiger partial charge in [0.25, 0.3) is 5.91 Å². The second-order valence-corrected chi connectivity index (χ2v) is 5.03. The lowest BCUT2D eigenvalue weighted by Gasteiger charge is -2.09. The van der Waals surface area contributed by atoms with Gasteiger partial charge in [-0.1, -0.05) is 0 Å². The molecular formula is C15H16F3N3O. The van der Waals surface area contributed by atoms with Crippen LogP contribution < -0.4 is 5.32 Å². The molecule has 118 valence electrons. The third-order valence-electron chi connectivity index (χ3n) is 3.08. The van der Waals surface area contributed by atoms with Crippen LogP contribution in [0.5, 0.6) is 0 Å². The Morgan fingerprint density at radius 1 is 1.14 bits per heavy atom. The highest BCUT2D eigenvalue weighted by Crippen LogP contribution is 2.29. The fourth-order valence-corrected chi connectivity index (χ4v) is 1.88. The minimum Gasteiger partial charge on any atom is -0.379 e. The van der Waals surface area contributed by atoms with Gasteiger partial charge in [-0.05, 0) is 36.4 Å². The summed E-state index contributed by atoms with van der Waals surface area (Å²) >= 11 is 0. The lowest BCUT2D eigenvalue weighted by molar-refractivity contribution is -0.137. The molecule has 2 N–H and O–H groups in total. The number of hydrogen-bond acceptors (Lipinski definition) is 2. The van der Waals surface area contributed by atoms with E-state index in [1.54, 1.807) is 26.2 Å². The fourth-order valence-electron chi connectivity index (χ4n) is 1.88. The highest BCUT2D eigenvalue weighted by Gasteiger charge is 2.29. The Labute approximate surface area is 125 Å². The zero-order chi connectivity index (χ0) is 16.3. The van der Waals surface area contributed by atoms with E-state index in [1.165, 1.54) is 17.0 Å². The summed E-state index contributed by atoms with van der Waals surface area (Å²) in [6.45, 7) is 0.381. The van der Waals surface area contributed by atoms with Crippen molar-refractivity contribution >= 4 is 11.6 Å². The van der Waals surface area contributed by atoms with E-state index in [4.69, 9.17) is 0 Å². The third kappa shape index (κ3) is 3.81. The van der Waals surface area contributed by atoms with Crippen molar-refractivity contribution in [1.29, 1.82) is 0 Å². The maximum Gasteiger partial charge on any atom is 0.416 e. The molecule has 0 aliphatic carbocycles. The van der Waals surface area contributed by atoms with E-state index in [-0.39, 0.29) is 5.91 Å². The normalized spacial score (nSPS) is 11.3. The van der Waals surface area contributed by atoms with E-state index in [0.29, 0.717) is 17.9 Å². The molecule has 0 spiro atoms. The van der Waals surface area contributed by atoms with Crippen LogP contribution in [0.3, 0.4) is 0 Å². The predicted molar refractivity (Wildman–Crippen MR) is 77.6 cm³/mol. The number of alkyl halides is 3. The highest BCUT2D eigenvalue weighted by atomic mass is 19.4. The number of aromatic amines is 1. The molecule has 0 unspecified atom stereocenters. The number of carbonyl (C=O) groups excluding carboxylic acids is 1. The largest absolute Gasteiger partial charge is 0.416 e. The summed E-state index contributed by atoms with van der Waals surface area (Å²) in [5.74, 6) is -0.138. The average Bonchev–Trinajstić information content (AvgIpc) is 2.92. The summed E-state index contributed by atoms with van der Waals surface area (Å²) in [6, 6.07) is 8.23. The van der Waals surface area contributed by atoms with Crippen molar-refractivity contribution in [2.24, 2.45) is 0 Å². The van der Waals surface area contributed by atoms with Gasteiger partial charge in [-0.15, -0.1) is 0 Å². The monoisotopic (exact) mass is 311 g/mol. The quantitative estimate of drug-likeness (QED) is 0.910. The molecule has 0 aliphatic heterocycles. The van der Waals surface area contributed by atoms with Crippen molar-refractivity contribution in [2.75, 3.05) is 19.4 Å². The van der Waals surface area contributed by atoms with Gasteiger partial charge >= 0.3 is 6.18 Å². The second kappa shape index (κ2) is 6.13. The molecule has 0 bridgehead atoms. The predicted octanol–water partition coefficient (Wildman–Crippen LogP) is 3.35. The van der Waals surface area contributed by atoms with Gasteiger partial charge in [-0.25, -0.2) is 0 Å². The number of nitrogens with one attached hydrogen (secondary N) is 2. The van der Waals surface area contributed by atoms with Crippen molar-refractivity contribution in [3.63, 3.8) is 0 Å². The molecule has 2 rings (SSSR count). The number of carbonyl (C=O) groups is 1. The van der Waals surface area contributed by atoms with Gasteiger partial charge in [0.1, 0.15) is 5.69 Å². The number of nitrogens with zero attached hydrogens (tertiary/aromatic N) is 1. The van der Waals surface area contributed by atoms with Crippen LogP contribution >= 0.6 is 0 Å². The SMILES string of the molecule is CN(C)C(=O)c1ccc(CNc2ccc(C(F)(F)F)cc2)[nH]1. The van der Waals surface area contributed by atoms with E-state index in [2.05, 4.69) is 10.3 Å². The van der Waals surface area contributed by atoms with Crippen LogP contribution in [0, 0.1) is 0 Å². The smallest absolute Gasteiger partial charge is 0.379 e. The molecule has 0 atom stereocenters. The van der Waals surface area contributed by atoms with Gasteiger partial charge in [-0.2, -0.15) is 13.2 Å². The first kappa shape index (κ1) is 15.9. The summed E-state index contributed by atoms with van der Waals surface area (Å²) in [5, 5.41) is 3.00. The number of halogens is 3. The zero-order valence-electron chi connectivity index (χ0n) is 12.2. The molecule has 0 saturated carbocycles. The molecule has 1 aromatic heterocycles. The number of anilines is 1. The molecule has 0 aliphatic rings. The van der Waals surface area contributed by atoms with Crippen molar-refractivity contribution in [3.05, 3.63) is 53.3 Å². The van der Waals surface area contributed by atoms with Crippen LogP contribution in [0.2, 0.25) is 0 Å². The van der Waals surface area contributed by atoms with E-state index in [1.807, 2.05) is 0 Å². The fraction of sp³-hybridized carbons (Fsp3) is 0.267. The van der Waals surface area contributed by atoms with Gasteiger partial charge in [-0.3, -0.25) is 4.79 Å². The number of H-pyrrole nitrogens is 1. The Balaban J connectivity index is 1.97. The third-order valence-corrected chi connectivity index (χ3v) is 3.08. The second-order valence-electron chi connectivity index (χ2n) is 5.03. The molecular weight excluding hydrogens is 295 g/mol. The van der Waals surface area contributed by atoms with E-state index in [0.717, 1.165) is 17.8 Å². The van der Waals surface area contributed by atoms with Gasteiger partial charge in [0.2, 0.25) is 0 Å². The summed E-state index contributed by atoms with van der Waals surface area (Å²) < 4.78 is 37.4. The first-order chi connectivity index (χ1) is 10.3. The number of benzene rings is 1. The Bertz CT molecular complexity index is 645. The van der Waals surface area contributed by atoms with Gasteiger partial charge in [0.15, 0.2) is 0 Å². The van der Waals surface area contributed by atoms with Crippen molar-refractivity contribution in [2.45, 2.75) is 12.7 Å². The molecule has 7 heteroatoms. The number of rotatable bonds is 4. The molecule has 0 fully saturated rings. The Morgan fingerprint density at radius 2 is 1.77 bits per heavy atom. The first-order valence-corrected chi connectivity index (χ1v) is 6.58. The molecule has 2 aromatic rings. The topological polar surface area (TPSA) is 48.1 Å². The van der Waals surface area contributed by atoms with Crippen molar-refractivity contribution in [1.82, 2.24) is 9.88 Å². The lowest BCUT2D eigenvalue weighted by Crippen LogP contribution is -2.22. The molecule has 4 nitrogen and oxygen atoms in total. The molecule has 0 saturated heterocycles. The van der Waals surface area contributed by atoms with Gasteiger partial charge in [0.05, 0.1) is 12.1 Å². The summed E-state index contributed by atoms with van der Waals surface area (Å²) in [4.78, 5) is 16.2. The minimum atomic E-state index is -4.33. The zero-order valence-corrected chi connectivity index (χ0v) is 12.2. The lowest BCUT2D eigenvalue weighted by atomic mass is 10.2. The van der Waals surface area contributed by atoms with E-state index in [9.17, 15) is 18.0 Å². The number of amides is 1. The van der Waals surface area contributed by atoms with Crippen LogP contribution in [0.4, 0.5) is 18.9 Å². The average molecular weight is 311 g/mol. The van der Waals surface area contributed by atoms with Crippen LogP contribution in [0.15, 0.2) is 36.4 Å². The standard InChI is InChI=1S/C15H16F3N3O/c1-21(2)14(22)13-8-7-12(20-13)9-19-11-5-3-10(4-6-11)15(16,17)18/h3-8,19-20H,9H2,1-2H3. The molecule has 1 heterocycles. The van der Waals surface area contributed by atoms with Crippen molar-refractivity contribution in [3.8, 4) is 0 Å². The Hall–Kier alpha value is -2.44. The molecule has 1 aromatic carbocycles. The summed E-state index contributed by atoms with van der Waals surface area (Å²) in [5.41, 5.74) is 1.12. The van der Waals surface area contributed by atoms with Crippen molar-refractivity contribution < 1.29 is 18.0 Å². The minimum absolute atomic E-state index is 0.138. The van der Waals surface area contributed by atoms with E-state index >= 15 is 0 Å². The summed E-state index contributed by atoms with van der Waals surface area (Å²) in [7, 11) is 3.31. The van der Waals surface area contributed by atoms with Crippen LogP contribution in [0.1, 0.15) is 21.7 Å². The van der Waals surface area contributed by atoms with E-state index < -0.39 is 11.7 Å². The van der Waals surface area contributed by atoms with Gasteiger partial charge < -0.3 is 15.2 Å². The highest BCUT2D eigenvalue weighted by molar-refractivity contribution is 5.92. The summed E-state index contributed by atoms with van der Waals surface area (Å²) in [6.07, 6.45) is -4.33. The first-order valence-electron chi connectivity index (χ1n) is 6.58. The van der Waals surface area contributed by atoms with Crippen LogP contribution in [-0.4, -0.2) is 29.9 Å². The van der Waals surface area contributed by atoms with Crippen LogP contribution in [-0.2, 0) is 12.7 Å². The maximum atomic E-state index is 12.5. The molecule has 0 radical (unpaired) electrons. The number of aromatic nitrogens is 1. The Morgan fingerprint density at radius 3 is 2.32 bits per heavy atom. The number of hydrogen-bond donors (Lipinski definition) is 2. The maximum absolute atomic E-state index is 12.5.